The van der Waals surface area contributed by atoms with Crippen molar-refractivity contribution in [2.24, 2.45) is 0 Å². The summed E-state index contributed by atoms with van der Waals surface area (Å²) in [6.07, 6.45) is 2.77. The molecule has 0 aromatic carbocycles. The number of nitro groups is 1. The van der Waals surface area contributed by atoms with E-state index < -0.39 is 4.92 Å². The average molecular weight is 282 g/mol. The zero-order valence-corrected chi connectivity index (χ0v) is 11.5. The molecule has 20 heavy (non-hydrogen) atoms. The van der Waals surface area contributed by atoms with Gasteiger partial charge in [-0.05, 0) is 14.0 Å². The first-order valence-corrected chi connectivity index (χ1v) is 6.16. The fourth-order valence-corrected chi connectivity index (χ4v) is 1.70. The van der Waals surface area contributed by atoms with Crippen molar-refractivity contribution in [3.63, 3.8) is 0 Å². The number of rotatable bonds is 8. The number of amides is 1. The summed E-state index contributed by atoms with van der Waals surface area (Å²) in [4.78, 5) is 34.7. The topological polar surface area (TPSA) is 97.5 Å². The molecule has 110 valence electrons. The third-order valence-corrected chi connectivity index (χ3v) is 2.66. The van der Waals surface area contributed by atoms with Crippen LogP contribution in [0.2, 0.25) is 0 Å². The quantitative estimate of drug-likeness (QED) is 0.536. The number of Topliss-reactive ketones (excluding diaryl/α,β-unsaturated/α-hetero) is 1. The third-order valence-electron chi connectivity index (χ3n) is 2.66. The maximum atomic E-state index is 12.1. The maximum absolute atomic E-state index is 12.1. The second kappa shape index (κ2) is 7.39. The lowest BCUT2D eigenvalue weighted by molar-refractivity contribution is -0.384. The normalized spacial score (nSPS) is 10.3. The number of nitrogens with zero attached hydrogens (tertiary/aromatic N) is 3. The molecule has 0 aliphatic heterocycles. The monoisotopic (exact) mass is 282 g/mol. The molecule has 0 spiro atoms. The highest BCUT2D eigenvalue weighted by molar-refractivity contribution is 5.84. The van der Waals surface area contributed by atoms with Crippen molar-refractivity contribution in [3.8, 4) is 0 Å². The van der Waals surface area contributed by atoms with E-state index in [0.717, 1.165) is 0 Å². The highest BCUT2D eigenvalue weighted by atomic mass is 16.6. The number of hydrogen-bond donors (Lipinski definition) is 1. The van der Waals surface area contributed by atoms with Gasteiger partial charge in [0.1, 0.15) is 12.3 Å². The van der Waals surface area contributed by atoms with E-state index in [1.54, 1.807) is 7.05 Å². The van der Waals surface area contributed by atoms with Gasteiger partial charge in [0.25, 0.3) is 5.69 Å². The Bertz CT molecular complexity index is 497. The molecule has 1 amide bonds. The van der Waals surface area contributed by atoms with Crippen molar-refractivity contribution in [1.29, 1.82) is 0 Å². The standard InChI is InChI=1S/C12H18N4O4/c1-10(17)7-15(6-4-13-2)12(18)9-14-5-3-11(8-14)16(19)20/h3,5,8,13H,4,6-7,9H2,1-2H3. The fourth-order valence-electron chi connectivity index (χ4n) is 1.70. The Morgan fingerprint density at radius 2 is 2.20 bits per heavy atom. The summed E-state index contributed by atoms with van der Waals surface area (Å²) in [7, 11) is 1.76. The number of carbonyl (C=O) groups excluding carboxylic acids is 2. The average Bonchev–Trinajstić information content (AvgIpc) is 2.82. The zero-order chi connectivity index (χ0) is 15.1. The molecule has 1 aromatic heterocycles. The molecule has 1 aromatic rings. The number of carbonyl (C=O) groups is 2. The first-order chi connectivity index (χ1) is 9.43. The molecule has 0 aliphatic carbocycles. The number of likely N-dealkylation sites (N-methyl/N-ethyl adjacent to an activating group) is 1. The zero-order valence-electron chi connectivity index (χ0n) is 11.5. The second-order valence-corrected chi connectivity index (χ2v) is 4.42. The first kappa shape index (κ1) is 15.8. The van der Waals surface area contributed by atoms with Crippen LogP contribution >= 0.6 is 0 Å². The van der Waals surface area contributed by atoms with Crippen molar-refractivity contribution in [3.05, 3.63) is 28.6 Å². The van der Waals surface area contributed by atoms with E-state index in [-0.39, 0.29) is 30.5 Å². The number of ketones is 1. The molecule has 1 rings (SSSR count). The Labute approximate surface area is 116 Å². The van der Waals surface area contributed by atoms with Crippen molar-refractivity contribution in [1.82, 2.24) is 14.8 Å². The Kier molecular flexibility index (Phi) is 5.85. The van der Waals surface area contributed by atoms with Gasteiger partial charge in [0.15, 0.2) is 0 Å². The van der Waals surface area contributed by atoms with Crippen LogP contribution in [0, 0.1) is 10.1 Å². The van der Waals surface area contributed by atoms with E-state index in [0.29, 0.717) is 13.1 Å². The summed E-state index contributed by atoms with van der Waals surface area (Å²) in [5.41, 5.74) is -0.0638. The number of hydrogen-bond acceptors (Lipinski definition) is 5. The van der Waals surface area contributed by atoms with E-state index >= 15 is 0 Å². The molecule has 0 saturated heterocycles. The minimum atomic E-state index is -0.519. The number of nitrogens with one attached hydrogen (secondary N) is 1. The first-order valence-electron chi connectivity index (χ1n) is 6.16. The van der Waals surface area contributed by atoms with Gasteiger partial charge in [-0.2, -0.15) is 0 Å². The predicted molar refractivity (Wildman–Crippen MR) is 72.3 cm³/mol. The van der Waals surface area contributed by atoms with Gasteiger partial charge in [-0.15, -0.1) is 0 Å². The van der Waals surface area contributed by atoms with Crippen LogP contribution in [0.1, 0.15) is 6.92 Å². The van der Waals surface area contributed by atoms with E-state index in [2.05, 4.69) is 5.32 Å². The maximum Gasteiger partial charge on any atom is 0.286 e. The third kappa shape index (κ3) is 4.81. The van der Waals surface area contributed by atoms with Crippen LogP contribution in [0.4, 0.5) is 5.69 Å². The summed E-state index contributed by atoms with van der Waals surface area (Å²) in [5, 5.41) is 13.5. The van der Waals surface area contributed by atoms with Crippen LogP contribution in [0.15, 0.2) is 18.5 Å². The number of aromatic nitrogens is 1. The van der Waals surface area contributed by atoms with Gasteiger partial charge in [-0.25, -0.2) is 0 Å². The van der Waals surface area contributed by atoms with Crippen molar-refractivity contribution in [2.45, 2.75) is 13.5 Å². The Hall–Kier alpha value is -2.22. The summed E-state index contributed by atoms with van der Waals surface area (Å²) in [5.74, 6) is -0.353. The molecule has 0 saturated carbocycles. The Morgan fingerprint density at radius 3 is 2.70 bits per heavy atom. The highest BCUT2D eigenvalue weighted by Crippen LogP contribution is 2.10. The molecule has 1 N–H and O–H groups in total. The predicted octanol–water partition coefficient (Wildman–Crippen LogP) is 0.0333. The van der Waals surface area contributed by atoms with Crippen LogP contribution in [0.25, 0.3) is 0 Å². The van der Waals surface area contributed by atoms with Crippen molar-refractivity contribution < 1.29 is 14.5 Å². The van der Waals surface area contributed by atoms with Gasteiger partial charge in [-0.1, -0.05) is 0 Å². The van der Waals surface area contributed by atoms with E-state index in [9.17, 15) is 19.7 Å². The van der Waals surface area contributed by atoms with Gasteiger partial charge < -0.3 is 14.8 Å². The molecule has 0 atom stereocenters. The summed E-state index contributed by atoms with van der Waals surface area (Å²) < 4.78 is 1.44. The molecular weight excluding hydrogens is 264 g/mol. The SMILES string of the molecule is CNCCN(CC(C)=O)C(=O)Cn1ccc([N+](=O)[O-])c1. The molecular formula is C12H18N4O4. The summed E-state index contributed by atoms with van der Waals surface area (Å²) in [6.45, 7) is 2.43. The van der Waals surface area contributed by atoms with Gasteiger partial charge in [0.2, 0.25) is 5.91 Å². The molecule has 0 aliphatic rings. The van der Waals surface area contributed by atoms with E-state index in [1.807, 2.05) is 0 Å². The van der Waals surface area contributed by atoms with Crippen LogP contribution < -0.4 is 5.32 Å². The van der Waals surface area contributed by atoms with Crippen LogP contribution in [-0.4, -0.2) is 52.8 Å². The summed E-state index contributed by atoms with van der Waals surface area (Å²) in [6, 6.07) is 1.33. The van der Waals surface area contributed by atoms with Crippen molar-refractivity contribution >= 4 is 17.4 Å². The minimum Gasteiger partial charge on any atom is -0.339 e. The van der Waals surface area contributed by atoms with E-state index in [1.165, 1.54) is 34.9 Å². The Balaban J connectivity index is 2.68. The van der Waals surface area contributed by atoms with Crippen molar-refractivity contribution in [2.75, 3.05) is 26.7 Å². The van der Waals surface area contributed by atoms with Gasteiger partial charge >= 0.3 is 0 Å². The van der Waals surface area contributed by atoms with Gasteiger partial charge in [-0.3, -0.25) is 19.7 Å². The smallest absolute Gasteiger partial charge is 0.286 e. The molecule has 0 bridgehead atoms. The lowest BCUT2D eigenvalue weighted by Gasteiger charge is -2.21. The van der Waals surface area contributed by atoms with Crippen LogP contribution in [-0.2, 0) is 16.1 Å². The molecule has 8 nitrogen and oxygen atoms in total. The summed E-state index contributed by atoms with van der Waals surface area (Å²) >= 11 is 0. The Morgan fingerprint density at radius 1 is 1.50 bits per heavy atom. The fraction of sp³-hybridized carbons (Fsp3) is 0.500. The lowest BCUT2D eigenvalue weighted by atomic mass is 10.3. The highest BCUT2D eigenvalue weighted by Gasteiger charge is 2.16. The van der Waals surface area contributed by atoms with E-state index in [4.69, 9.17) is 0 Å². The van der Waals surface area contributed by atoms with Crippen LogP contribution in [0.5, 0.6) is 0 Å². The minimum absolute atomic E-state index is 0.0230. The second-order valence-electron chi connectivity index (χ2n) is 4.42. The van der Waals surface area contributed by atoms with Gasteiger partial charge in [0, 0.05) is 25.4 Å². The van der Waals surface area contributed by atoms with Gasteiger partial charge in [0.05, 0.1) is 17.7 Å². The molecule has 0 fully saturated rings. The van der Waals surface area contributed by atoms with Crippen LogP contribution in [0.3, 0.4) is 0 Å². The molecule has 1 heterocycles. The largest absolute Gasteiger partial charge is 0.339 e. The molecule has 0 radical (unpaired) electrons. The molecule has 0 unspecified atom stereocenters. The lowest BCUT2D eigenvalue weighted by Crippen LogP contribution is -2.40. The molecule has 8 heteroatoms.